The van der Waals surface area contributed by atoms with E-state index in [9.17, 15) is 4.79 Å². The van der Waals surface area contributed by atoms with Crippen molar-refractivity contribution in [1.82, 2.24) is 9.97 Å². The summed E-state index contributed by atoms with van der Waals surface area (Å²) in [5.74, 6) is 1.24. The number of hydrogen-bond donors (Lipinski definition) is 1. The van der Waals surface area contributed by atoms with Gasteiger partial charge < -0.3 is 4.42 Å². The van der Waals surface area contributed by atoms with Crippen LogP contribution in [-0.2, 0) is 0 Å². The van der Waals surface area contributed by atoms with Crippen molar-refractivity contribution in [3.05, 3.63) is 52.9 Å². The van der Waals surface area contributed by atoms with E-state index in [2.05, 4.69) is 15.3 Å². The Morgan fingerprint density at radius 2 is 2.04 bits per heavy atom. The molecule has 1 aromatic carbocycles. The van der Waals surface area contributed by atoms with Gasteiger partial charge in [-0.2, -0.15) is 0 Å². The third kappa shape index (κ3) is 2.90. The highest BCUT2D eigenvalue weighted by Crippen LogP contribution is 2.40. The zero-order chi connectivity index (χ0) is 15.8. The first-order chi connectivity index (χ1) is 11.2. The Labute approximate surface area is 137 Å². The van der Waals surface area contributed by atoms with Crippen molar-refractivity contribution < 1.29 is 9.21 Å². The molecular formula is C17H15N3O2S. The van der Waals surface area contributed by atoms with Crippen LogP contribution in [0.2, 0.25) is 0 Å². The van der Waals surface area contributed by atoms with Crippen molar-refractivity contribution in [1.29, 1.82) is 0 Å². The van der Waals surface area contributed by atoms with Gasteiger partial charge in [-0.1, -0.05) is 18.2 Å². The number of benzene rings is 1. The standard InChI is InChI=1S/C17H15N3O2S/c1-10-14(19-16(22-10)12-5-3-2-4-6-12)15(21)20-17-18-13(9-23-17)11-7-8-11/h2-6,9,11H,7-8H2,1H3,(H,18,20,21). The fourth-order valence-corrected chi connectivity index (χ4v) is 3.17. The molecule has 1 saturated carbocycles. The van der Waals surface area contributed by atoms with Crippen molar-refractivity contribution in [2.45, 2.75) is 25.7 Å². The Hall–Kier alpha value is -2.47. The quantitative estimate of drug-likeness (QED) is 0.779. The summed E-state index contributed by atoms with van der Waals surface area (Å²) in [6, 6.07) is 9.53. The number of nitrogens with zero attached hydrogens (tertiary/aromatic N) is 2. The van der Waals surface area contributed by atoms with Crippen LogP contribution in [0.5, 0.6) is 0 Å². The van der Waals surface area contributed by atoms with Crippen molar-refractivity contribution in [2.24, 2.45) is 0 Å². The molecule has 0 bridgehead atoms. The van der Waals surface area contributed by atoms with Crippen LogP contribution in [0.15, 0.2) is 40.1 Å². The molecule has 5 nitrogen and oxygen atoms in total. The molecule has 0 spiro atoms. The molecule has 0 aliphatic heterocycles. The topological polar surface area (TPSA) is 68.0 Å². The number of aryl methyl sites for hydroxylation is 1. The molecule has 4 rings (SSSR count). The average molecular weight is 325 g/mol. The first-order valence-electron chi connectivity index (χ1n) is 7.50. The number of carbonyl (C=O) groups is 1. The lowest BCUT2D eigenvalue weighted by Gasteiger charge is -1.98. The first-order valence-corrected chi connectivity index (χ1v) is 8.38. The Kier molecular flexibility index (Phi) is 3.46. The summed E-state index contributed by atoms with van der Waals surface area (Å²) in [7, 11) is 0. The molecule has 116 valence electrons. The number of carbonyl (C=O) groups excluding carboxylic acids is 1. The number of nitrogens with one attached hydrogen (secondary N) is 1. The molecule has 0 radical (unpaired) electrons. The third-order valence-corrected chi connectivity index (χ3v) is 4.55. The highest BCUT2D eigenvalue weighted by molar-refractivity contribution is 7.14. The molecule has 1 aliphatic carbocycles. The molecule has 1 fully saturated rings. The van der Waals surface area contributed by atoms with Gasteiger partial charge in [-0.05, 0) is 31.9 Å². The molecule has 23 heavy (non-hydrogen) atoms. The van der Waals surface area contributed by atoms with Gasteiger partial charge in [-0.3, -0.25) is 10.1 Å². The Morgan fingerprint density at radius 3 is 2.78 bits per heavy atom. The van der Waals surface area contributed by atoms with Crippen LogP contribution < -0.4 is 5.32 Å². The molecule has 1 N–H and O–H groups in total. The van der Waals surface area contributed by atoms with Gasteiger partial charge in [0.25, 0.3) is 5.91 Å². The lowest BCUT2D eigenvalue weighted by Crippen LogP contribution is -2.13. The van der Waals surface area contributed by atoms with Crippen molar-refractivity contribution in [3.63, 3.8) is 0 Å². The van der Waals surface area contributed by atoms with Crippen LogP contribution in [0.3, 0.4) is 0 Å². The predicted molar refractivity (Wildman–Crippen MR) is 88.7 cm³/mol. The van der Waals surface area contributed by atoms with Crippen LogP contribution >= 0.6 is 11.3 Å². The van der Waals surface area contributed by atoms with E-state index < -0.39 is 0 Å². The predicted octanol–water partition coefficient (Wildman–Crippen LogP) is 4.24. The highest BCUT2D eigenvalue weighted by atomic mass is 32.1. The molecule has 1 amide bonds. The molecule has 2 aromatic heterocycles. The smallest absolute Gasteiger partial charge is 0.279 e. The minimum Gasteiger partial charge on any atom is -0.441 e. The van der Waals surface area contributed by atoms with E-state index in [1.54, 1.807) is 6.92 Å². The Bertz CT molecular complexity index is 850. The summed E-state index contributed by atoms with van der Waals surface area (Å²) in [5, 5.41) is 5.44. The van der Waals surface area contributed by atoms with Gasteiger partial charge in [0.15, 0.2) is 10.8 Å². The van der Waals surface area contributed by atoms with E-state index in [4.69, 9.17) is 4.42 Å². The summed E-state index contributed by atoms with van der Waals surface area (Å²) >= 11 is 1.45. The summed E-state index contributed by atoms with van der Waals surface area (Å²) in [6.07, 6.45) is 2.39. The monoisotopic (exact) mass is 325 g/mol. The van der Waals surface area contributed by atoms with Gasteiger partial charge in [-0.15, -0.1) is 11.3 Å². The summed E-state index contributed by atoms with van der Waals surface area (Å²) in [4.78, 5) is 21.2. The second-order valence-electron chi connectivity index (χ2n) is 5.60. The molecule has 2 heterocycles. The molecule has 0 unspecified atom stereocenters. The zero-order valence-corrected chi connectivity index (χ0v) is 13.4. The molecule has 1 aliphatic rings. The van der Waals surface area contributed by atoms with Gasteiger partial charge in [0.1, 0.15) is 5.76 Å². The maximum atomic E-state index is 12.4. The van der Waals surface area contributed by atoms with Crippen LogP contribution in [-0.4, -0.2) is 15.9 Å². The van der Waals surface area contributed by atoms with Crippen molar-refractivity contribution in [3.8, 4) is 11.5 Å². The van der Waals surface area contributed by atoms with Gasteiger partial charge in [-0.25, -0.2) is 9.97 Å². The van der Waals surface area contributed by atoms with Crippen molar-refractivity contribution >= 4 is 22.4 Å². The number of aromatic nitrogens is 2. The molecular weight excluding hydrogens is 310 g/mol. The van der Waals surface area contributed by atoms with E-state index in [1.165, 1.54) is 24.2 Å². The summed E-state index contributed by atoms with van der Waals surface area (Å²) in [5.41, 5.74) is 2.22. The first kappa shape index (κ1) is 14.1. The molecule has 0 saturated heterocycles. The zero-order valence-electron chi connectivity index (χ0n) is 12.6. The van der Waals surface area contributed by atoms with Crippen molar-refractivity contribution in [2.75, 3.05) is 5.32 Å². The van der Waals surface area contributed by atoms with Gasteiger partial charge in [0, 0.05) is 16.9 Å². The fraction of sp³-hybridized carbons (Fsp3) is 0.235. The second kappa shape index (κ2) is 5.62. The summed E-state index contributed by atoms with van der Waals surface area (Å²) < 4.78 is 5.62. The lowest BCUT2D eigenvalue weighted by molar-refractivity contribution is 0.102. The van der Waals surface area contributed by atoms with Crippen LogP contribution in [0.25, 0.3) is 11.5 Å². The van der Waals surface area contributed by atoms with E-state index in [-0.39, 0.29) is 5.91 Å². The number of hydrogen-bond acceptors (Lipinski definition) is 5. The van der Waals surface area contributed by atoms with Gasteiger partial charge in [0.05, 0.1) is 5.69 Å². The third-order valence-electron chi connectivity index (χ3n) is 3.77. The van der Waals surface area contributed by atoms with Gasteiger partial charge >= 0.3 is 0 Å². The minimum absolute atomic E-state index is 0.287. The van der Waals surface area contributed by atoms with Crippen LogP contribution in [0, 0.1) is 6.92 Å². The van der Waals surface area contributed by atoms with Gasteiger partial charge in [0.2, 0.25) is 5.89 Å². The number of anilines is 1. The van der Waals surface area contributed by atoms with Crippen LogP contribution in [0.4, 0.5) is 5.13 Å². The molecule has 6 heteroatoms. The maximum absolute atomic E-state index is 12.4. The SMILES string of the molecule is Cc1oc(-c2ccccc2)nc1C(=O)Nc1nc(C2CC2)cs1. The Morgan fingerprint density at radius 1 is 1.26 bits per heavy atom. The largest absolute Gasteiger partial charge is 0.441 e. The van der Waals surface area contributed by atoms with E-state index in [1.807, 2.05) is 35.7 Å². The summed E-state index contributed by atoms with van der Waals surface area (Å²) in [6.45, 7) is 1.74. The molecule has 3 aromatic rings. The number of rotatable bonds is 4. The lowest BCUT2D eigenvalue weighted by atomic mass is 10.2. The second-order valence-corrected chi connectivity index (χ2v) is 6.45. The average Bonchev–Trinajstić information content (AvgIpc) is 3.19. The Balaban J connectivity index is 1.54. The number of thiazole rings is 1. The fourth-order valence-electron chi connectivity index (χ4n) is 2.38. The van der Waals surface area contributed by atoms with E-state index in [0.29, 0.717) is 28.4 Å². The minimum atomic E-state index is -0.287. The highest BCUT2D eigenvalue weighted by Gasteiger charge is 2.26. The van der Waals surface area contributed by atoms with E-state index >= 15 is 0 Å². The normalized spacial score (nSPS) is 14.0. The molecule has 0 atom stereocenters. The number of oxazole rings is 1. The number of amides is 1. The van der Waals surface area contributed by atoms with Crippen LogP contribution in [0.1, 0.15) is 40.7 Å². The van der Waals surface area contributed by atoms with E-state index in [0.717, 1.165) is 11.3 Å². The maximum Gasteiger partial charge on any atom is 0.279 e.